The summed E-state index contributed by atoms with van der Waals surface area (Å²) in [7, 11) is -3.02. The number of hydrogen-bond donors (Lipinski definition) is 1. The van der Waals surface area contributed by atoms with Crippen LogP contribution in [0.4, 0.5) is 4.79 Å². The topological polar surface area (TPSA) is 66.5 Å². The number of amides is 2. The quantitative estimate of drug-likeness (QED) is 0.757. The minimum Gasteiger partial charge on any atom is -0.335 e. The van der Waals surface area contributed by atoms with E-state index in [1.165, 1.54) is 6.42 Å². The highest BCUT2D eigenvalue weighted by atomic mass is 32.2. The molecule has 0 aromatic heterocycles. The van der Waals surface area contributed by atoms with E-state index in [9.17, 15) is 13.2 Å². The predicted octanol–water partition coefficient (Wildman–Crippen LogP) is 0.756. The number of urea groups is 1. The summed E-state index contributed by atoms with van der Waals surface area (Å²) in [4.78, 5) is 13.6. The Kier molecular flexibility index (Phi) is 3.34. The number of carbonyl (C=O) groups is 1. The molecule has 1 saturated carbocycles. The first-order chi connectivity index (χ1) is 7.92. The van der Waals surface area contributed by atoms with E-state index in [2.05, 4.69) is 5.32 Å². The molecule has 0 aromatic carbocycles. The molecule has 0 aromatic rings. The number of hydrogen-bond acceptors (Lipinski definition) is 3. The van der Waals surface area contributed by atoms with Gasteiger partial charge in [0.15, 0.2) is 9.84 Å². The Balaban J connectivity index is 1.99. The van der Waals surface area contributed by atoms with Crippen LogP contribution in [-0.2, 0) is 9.84 Å². The third kappa shape index (κ3) is 2.41. The van der Waals surface area contributed by atoms with Crippen molar-refractivity contribution in [3.05, 3.63) is 0 Å². The Morgan fingerprint density at radius 2 is 1.94 bits per heavy atom. The number of rotatable bonds is 1. The van der Waals surface area contributed by atoms with Gasteiger partial charge in [-0.25, -0.2) is 13.2 Å². The summed E-state index contributed by atoms with van der Waals surface area (Å²) in [5.41, 5.74) is 0. The fourth-order valence-corrected chi connectivity index (χ4v) is 3.84. The second kappa shape index (κ2) is 4.48. The van der Waals surface area contributed by atoms with Crippen LogP contribution < -0.4 is 5.32 Å². The first-order valence-electron chi connectivity index (χ1n) is 6.20. The van der Waals surface area contributed by atoms with E-state index < -0.39 is 15.1 Å². The Morgan fingerprint density at radius 1 is 1.29 bits per heavy atom. The van der Waals surface area contributed by atoms with Crippen LogP contribution in [0, 0.1) is 0 Å². The predicted molar refractivity (Wildman–Crippen MR) is 65.6 cm³/mol. The van der Waals surface area contributed by atoms with Gasteiger partial charge in [-0.3, -0.25) is 0 Å². The fourth-order valence-electron chi connectivity index (χ4n) is 2.27. The maximum atomic E-state index is 12.0. The zero-order valence-corrected chi connectivity index (χ0v) is 11.2. The fraction of sp³-hybridized carbons (Fsp3) is 0.909. The molecule has 2 rings (SSSR count). The van der Waals surface area contributed by atoms with Crippen molar-refractivity contribution in [2.75, 3.05) is 12.3 Å². The molecule has 2 amide bonds. The molecule has 98 valence electrons. The summed E-state index contributed by atoms with van der Waals surface area (Å²) in [6.45, 7) is 3.80. The normalized spacial score (nSPS) is 32.9. The number of carbonyl (C=O) groups excluding carboxylic acids is 1. The van der Waals surface area contributed by atoms with Crippen molar-refractivity contribution in [1.29, 1.82) is 0 Å². The highest BCUT2D eigenvalue weighted by molar-refractivity contribution is 7.92. The molecule has 1 aliphatic carbocycles. The smallest absolute Gasteiger partial charge is 0.317 e. The van der Waals surface area contributed by atoms with Crippen LogP contribution in [0.5, 0.6) is 0 Å². The van der Waals surface area contributed by atoms with Gasteiger partial charge in [0, 0.05) is 18.6 Å². The van der Waals surface area contributed by atoms with Gasteiger partial charge in [-0.2, -0.15) is 0 Å². The van der Waals surface area contributed by atoms with E-state index in [0.29, 0.717) is 12.6 Å². The molecule has 2 fully saturated rings. The van der Waals surface area contributed by atoms with Crippen molar-refractivity contribution in [3.8, 4) is 0 Å². The second-order valence-corrected chi connectivity index (χ2v) is 7.56. The van der Waals surface area contributed by atoms with Gasteiger partial charge >= 0.3 is 6.03 Å². The molecule has 0 radical (unpaired) electrons. The van der Waals surface area contributed by atoms with Crippen molar-refractivity contribution in [1.82, 2.24) is 10.2 Å². The van der Waals surface area contributed by atoms with Crippen LogP contribution in [0.15, 0.2) is 0 Å². The highest BCUT2D eigenvalue weighted by Gasteiger charge is 2.38. The molecule has 1 heterocycles. The molecule has 2 atom stereocenters. The molecule has 1 saturated heterocycles. The Labute approximate surface area is 102 Å². The maximum absolute atomic E-state index is 12.0. The molecule has 6 heteroatoms. The molecule has 0 bridgehead atoms. The molecule has 2 aliphatic rings. The lowest BCUT2D eigenvalue weighted by molar-refractivity contribution is 0.168. The minimum absolute atomic E-state index is 0.0800. The molecule has 0 spiro atoms. The molecule has 1 aliphatic heterocycles. The monoisotopic (exact) mass is 260 g/mol. The molecular formula is C11H20N2O3S. The minimum atomic E-state index is -3.02. The van der Waals surface area contributed by atoms with Crippen molar-refractivity contribution < 1.29 is 13.2 Å². The average molecular weight is 260 g/mol. The van der Waals surface area contributed by atoms with Crippen LogP contribution in [0.2, 0.25) is 0 Å². The summed E-state index contributed by atoms with van der Waals surface area (Å²) in [5.74, 6) is 0.0800. The van der Waals surface area contributed by atoms with Crippen molar-refractivity contribution in [2.45, 2.75) is 50.4 Å². The van der Waals surface area contributed by atoms with Crippen LogP contribution >= 0.6 is 0 Å². The van der Waals surface area contributed by atoms with Crippen molar-refractivity contribution in [2.24, 2.45) is 0 Å². The first-order valence-corrected chi connectivity index (χ1v) is 7.92. The summed E-state index contributed by atoms with van der Waals surface area (Å²) >= 11 is 0. The van der Waals surface area contributed by atoms with Gasteiger partial charge in [0.05, 0.1) is 11.0 Å². The highest BCUT2D eigenvalue weighted by Crippen LogP contribution is 2.22. The van der Waals surface area contributed by atoms with Gasteiger partial charge in [0.1, 0.15) is 0 Å². The first kappa shape index (κ1) is 12.7. The molecule has 2 unspecified atom stereocenters. The standard InChI is InChI=1S/C11H20N2O3S/c1-8-9(2)17(15,16)7-6-13(8)11(14)12-10-4-3-5-10/h8-10H,3-7H2,1-2H3,(H,12,14). The molecular weight excluding hydrogens is 240 g/mol. The van der Waals surface area contributed by atoms with E-state index in [0.717, 1.165) is 12.8 Å². The summed E-state index contributed by atoms with van der Waals surface area (Å²) in [6.07, 6.45) is 3.26. The largest absolute Gasteiger partial charge is 0.335 e. The van der Waals surface area contributed by atoms with Crippen molar-refractivity contribution >= 4 is 15.9 Å². The molecule has 5 nitrogen and oxygen atoms in total. The Morgan fingerprint density at radius 3 is 2.47 bits per heavy atom. The van der Waals surface area contributed by atoms with Gasteiger partial charge in [0.25, 0.3) is 0 Å². The van der Waals surface area contributed by atoms with E-state index in [-0.39, 0.29) is 17.8 Å². The van der Waals surface area contributed by atoms with Gasteiger partial charge in [-0.15, -0.1) is 0 Å². The van der Waals surface area contributed by atoms with Gasteiger partial charge in [0.2, 0.25) is 0 Å². The summed E-state index contributed by atoms with van der Waals surface area (Å²) in [6, 6.07) is -0.0543. The third-order valence-corrected chi connectivity index (χ3v) is 6.33. The lowest BCUT2D eigenvalue weighted by atomic mass is 9.93. The van der Waals surface area contributed by atoms with Gasteiger partial charge in [-0.05, 0) is 33.1 Å². The summed E-state index contributed by atoms with van der Waals surface area (Å²) < 4.78 is 23.4. The van der Waals surface area contributed by atoms with Gasteiger partial charge in [-0.1, -0.05) is 0 Å². The zero-order chi connectivity index (χ0) is 12.6. The van der Waals surface area contributed by atoms with Crippen LogP contribution in [0.25, 0.3) is 0 Å². The SMILES string of the molecule is CC1C(C)S(=O)(=O)CCN1C(=O)NC1CCC1. The number of sulfone groups is 1. The number of nitrogens with zero attached hydrogens (tertiary/aromatic N) is 1. The van der Waals surface area contributed by atoms with Crippen LogP contribution in [0.3, 0.4) is 0 Å². The Hall–Kier alpha value is -0.780. The van der Waals surface area contributed by atoms with E-state index in [1.807, 2.05) is 6.92 Å². The van der Waals surface area contributed by atoms with Crippen LogP contribution in [0.1, 0.15) is 33.1 Å². The second-order valence-electron chi connectivity index (χ2n) is 5.08. The third-order valence-electron chi connectivity index (χ3n) is 4.05. The van der Waals surface area contributed by atoms with E-state index in [4.69, 9.17) is 0 Å². The number of nitrogens with one attached hydrogen (secondary N) is 1. The van der Waals surface area contributed by atoms with E-state index >= 15 is 0 Å². The van der Waals surface area contributed by atoms with Crippen molar-refractivity contribution in [3.63, 3.8) is 0 Å². The maximum Gasteiger partial charge on any atom is 0.317 e. The molecule has 17 heavy (non-hydrogen) atoms. The lowest BCUT2D eigenvalue weighted by Crippen LogP contribution is -2.58. The zero-order valence-electron chi connectivity index (χ0n) is 10.3. The molecule has 1 N–H and O–H groups in total. The van der Waals surface area contributed by atoms with Gasteiger partial charge < -0.3 is 10.2 Å². The summed E-state index contributed by atoms with van der Waals surface area (Å²) in [5, 5.41) is 2.49. The lowest BCUT2D eigenvalue weighted by Gasteiger charge is -2.39. The van der Waals surface area contributed by atoms with E-state index in [1.54, 1.807) is 11.8 Å². The van der Waals surface area contributed by atoms with Crippen LogP contribution in [-0.4, -0.2) is 49.0 Å². The average Bonchev–Trinajstić information content (AvgIpc) is 2.20. The Bertz CT molecular complexity index is 403.